The highest BCUT2D eigenvalue weighted by Gasteiger charge is 2.09. The monoisotopic (exact) mass is 365 g/mol. The van der Waals surface area contributed by atoms with Crippen LogP contribution >= 0.6 is 0 Å². The van der Waals surface area contributed by atoms with Gasteiger partial charge in [0.15, 0.2) is 5.96 Å². The van der Waals surface area contributed by atoms with E-state index in [0.717, 1.165) is 49.8 Å². The molecule has 0 bridgehead atoms. The molecule has 0 aliphatic heterocycles. The molecular weight excluding hydrogens is 330 g/mol. The van der Waals surface area contributed by atoms with E-state index in [1.807, 2.05) is 25.2 Å². The molecule has 0 aliphatic rings. The van der Waals surface area contributed by atoms with Crippen molar-refractivity contribution in [3.63, 3.8) is 0 Å². The molecule has 0 spiro atoms. The van der Waals surface area contributed by atoms with Crippen LogP contribution < -0.4 is 10.1 Å². The molecule has 0 fully saturated rings. The highest BCUT2D eigenvalue weighted by atomic mass is 16.5. The van der Waals surface area contributed by atoms with E-state index in [1.165, 1.54) is 0 Å². The normalized spacial score (nSPS) is 11.5. The van der Waals surface area contributed by atoms with E-state index in [1.54, 1.807) is 7.11 Å². The summed E-state index contributed by atoms with van der Waals surface area (Å²) in [6, 6.07) is 8.04. The first-order chi connectivity index (χ1) is 12.7. The lowest BCUT2D eigenvalue weighted by Gasteiger charge is -2.23. The van der Waals surface area contributed by atoms with Crippen LogP contribution in [0.15, 0.2) is 29.3 Å². The minimum atomic E-state index is 0.592. The maximum atomic E-state index is 5.58. The second-order valence-corrected chi connectivity index (χ2v) is 5.98. The van der Waals surface area contributed by atoms with Crippen molar-refractivity contribution in [1.82, 2.24) is 10.2 Å². The molecule has 6 heteroatoms. The topological polar surface area (TPSA) is 55.3 Å². The molecule has 0 aliphatic carbocycles. The molecule has 0 saturated carbocycles. The van der Waals surface area contributed by atoms with E-state index in [9.17, 15) is 0 Å². The van der Waals surface area contributed by atoms with Crippen LogP contribution in [0.5, 0.6) is 5.75 Å². The molecule has 0 saturated heterocycles. The van der Waals surface area contributed by atoms with E-state index >= 15 is 0 Å². The fraction of sp³-hybridized carbons (Fsp3) is 0.650. The Morgan fingerprint density at radius 1 is 1.08 bits per heavy atom. The highest BCUT2D eigenvalue weighted by Crippen LogP contribution is 2.18. The van der Waals surface area contributed by atoms with Gasteiger partial charge in [-0.1, -0.05) is 31.5 Å². The van der Waals surface area contributed by atoms with E-state index in [4.69, 9.17) is 14.2 Å². The first kappa shape index (κ1) is 22.3. The van der Waals surface area contributed by atoms with Gasteiger partial charge in [0, 0.05) is 32.3 Å². The third-order valence-electron chi connectivity index (χ3n) is 3.81. The summed E-state index contributed by atoms with van der Waals surface area (Å²) in [4.78, 5) is 6.73. The average Bonchev–Trinajstić information content (AvgIpc) is 2.66. The highest BCUT2D eigenvalue weighted by molar-refractivity contribution is 5.79. The van der Waals surface area contributed by atoms with Crippen LogP contribution in [0.25, 0.3) is 0 Å². The lowest BCUT2D eigenvalue weighted by molar-refractivity contribution is 0.0497. The van der Waals surface area contributed by atoms with Crippen molar-refractivity contribution in [2.75, 3.05) is 53.7 Å². The van der Waals surface area contributed by atoms with Gasteiger partial charge in [-0.05, 0) is 19.4 Å². The molecular formula is C20H35N3O3. The molecule has 0 radical (unpaired) electrons. The van der Waals surface area contributed by atoms with Gasteiger partial charge in [-0.2, -0.15) is 0 Å². The summed E-state index contributed by atoms with van der Waals surface area (Å²) in [6.45, 7) is 9.06. The Kier molecular flexibility index (Phi) is 12.3. The zero-order valence-electron chi connectivity index (χ0n) is 16.8. The van der Waals surface area contributed by atoms with Gasteiger partial charge in [0.25, 0.3) is 0 Å². The number of hydrogen-bond donors (Lipinski definition) is 1. The Morgan fingerprint density at radius 3 is 2.50 bits per heavy atom. The zero-order valence-corrected chi connectivity index (χ0v) is 16.8. The Labute approximate surface area is 158 Å². The minimum absolute atomic E-state index is 0.592. The zero-order chi connectivity index (χ0) is 19.0. The predicted molar refractivity (Wildman–Crippen MR) is 107 cm³/mol. The number of aliphatic imine (C=N–C) groups is 1. The molecule has 1 aromatic rings. The minimum Gasteiger partial charge on any atom is -0.496 e. The number of nitrogens with zero attached hydrogens (tertiary/aromatic N) is 2. The Hall–Kier alpha value is -1.79. The smallest absolute Gasteiger partial charge is 0.194 e. The fourth-order valence-corrected chi connectivity index (χ4v) is 2.42. The summed E-state index contributed by atoms with van der Waals surface area (Å²) in [5.74, 6) is 1.75. The second kappa shape index (κ2) is 14.4. The van der Waals surface area contributed by atoms with Gasteiger partial charge in [0.1, 0.15) is 5.75 Å². The van der Waals surface area contributed by atoms with E-state index < -0.39 is 0 Å². The summed E-state index contributed by atoms with van der Waals surface area (Å²) in [5, 5.41) is 3.32. The van der Waals surface area contributed by atoms with E-state index in [-0.39, 0.29) is 0 Å². The Morgan fingerprint density at radius 2 is 1.81 bits per heavy atom. The molecule has 26 heavy (non-hydrogen) atoms. The summed E-state index contributed by atoms with van der Waals surface area (Å²) in [5.41, 5.74) is 1.13. The van der Waals surface area contributed by atoms with Crippen molar-refractivity contribution in [3.8, 4) is 5.75 Å². The summed E-state index contributed by atoms with van der Waals surface area (Å²) >= 11 is 0. The summed E-state index contributed by atoms with van der Waals surface area (Å²) in [6.07, 6.45) is 2.26. The van der Waals surface area contributed by atoms with Gasteiger partial charge >= 0.3 is 0 Å². The largest absolute Gasteiger partial charge is 0.496 e. The Bertz CT molecular complexity index is 509. The van der Waals surface area contributed by atoms with E-state index in [0.29, 0.717) is 26.4 Å². The molecule has 0 atom stereocenters. The van der Waals surface area contributed by atoms with Gasteiger partial charge < -0.3 is 24.4 Å². The molecule has 0 amide bonds. The van der Waals surface area contributed by atoms with E-state index in [2.05, 4.69) is 35.1 Å². The van der Waals surface area contributed by atoms with Gasteiger partial charge in [-0.3, -0.25) is 4.99 Å². The molecule has 1 aromatic carbocycles. The van der Waals surface area contributed by atoms with Crippen LogP contribution in [0.2, 0.25) is 0 Å². The lowest BCUT2D eigenvalue weighted by Crippen LogP contribution is -2.38. The quantitative estimate of drug-likeness (QED) is 0.331. The van der Waals surface area contributed by atoms with Crippen molar-refractivity contribution >= 4 is 5.96 Å². The molecule has 0 heterocycles. The fourth-order valence-electron chi connectivity index (χ4n) is 2.42. The van der Waals surface area contributed by atoms with Crippen molar-refractivity contribution in [3.05, 3.63) is 29.8 Å². The molecule has 1 rings (SSSR count). The number of ether oxygens (including phenoxy) is 3. The van der Waals surface area contributed by atoms with Crippen molar-refractivity contribution in [1.29, 1.82) is 0 Å². The number of guanidine groups is 1. The first-order valence-electron chi connectivity index (χ1n) is 9.49. The molecule has 0 unspecified atom stereocenters. The number of hydrogen-bond acceptors (Lipinski definition) is 4. The second-order valence-electron chi connectivity index (χ2n) is 5.98. The van der Waals surface area contributed by atoms with Crippen molar-refractivity contribution in [2.45, 2.75) is 33.2 Å². The molecule has 0 aromatic heterocycles. The number of para-hydroxylation sites is 1. The molecule has 6 nitrogen and oxygen atoms in total. The number of nitrogens with one attached hydrogen (secondary N) is 1. The van der Waals surface area contributed by atoms with Crippen LogP contribution in [0.1, 0.15) is 32.3 Å². The average molecular weight is 366 g/mol. The van der Waals surface area contributed by atoms with Crippen molar-refractivity contribution < 1.29 is 14.2 Å². The lowest BCUT2D eigenvalue weighted by atomic mass is 10.2. The SMILES string of the molecule is CCCCOCCOCCN=C(NCC)N(C)Cc1ccccc1OC. The maximum Gasteiger partial charge on any atom is 0.194 e. The van der Waals surface area contributed by atoms with Gasteiger partial charge in [0.05, 0.1) is 33.5 Å². The third kappa shape index (κ3) is 9.06. The third-order valence-corrected chi connectivity index (χ3v) is 3.81. The van der Waals surface area contributed by atoms with Crippen LogP contribution in [0, 0.1) is 0 Å². The number of methoxy groups -OCH3 is 1. The number of benzene rings is 1. The number of unbranched alkanes of at least 4 members (excludes halogenated alkanes) is 1. The van der Waals surface area contributed by atoms with Gasteiger partial charge in [-0.15, -0.1) is 0 Å². The van der Waals surface area contributed by atoms with Crippen LogP contribution in [0.3, 0.4) is 0 Å². The summed E-state index contributed by atoms with van der Waals surface area (Å²) < 4.78 is 16.5. The molecule has 1 N–H and O–H groups in total. The number of rotatable bonds is 13. The van der Waals surface area contributed by atoms with Crippen molar-refractivity contribution in [2.24, 2.45) is 4.99 Å². The first-order valence-corrected chi connectivity index (χ1v) is 9.49. The van der Waals surface area contributed by atoms with Crippen LogP contribution in [-0.2, 0) is 16.0 Å². The Balaban J connectivity index is 2.39. The predicted octanol–water partition coefficient (Wildman–Crippen LogP) is 2.93. The van der Waals surface area contributed by atoms with Gasteiger partial charge in [0.2, 0.25) is 0 Å². The molecule has 148 valence electrons. The maximum absolute atomic E-state index is 5.58. The summed E-state index contributed by atoms with van der Waals surface area (Å²) in [7, 11) is 3.72. The van der Waals surface area contributed by atoms with Gasteiger partial charge in [-0.25, -0.2) is 0 Å². The standard InChI is InChI=1S/C20H35N3O3/c1-5-7-13-25-15-16-26-14-12-22-20(21-6-2)23(3)17-18-10-8-9-11-19(18)24-4/h8-11H,5-7,12-17H2,1-4H3,(H,21,22). The van der Waals surface area contributed by atoms with Crippen LogP contribution in [-0.4, -0.2) is 64.5 Å². The van der Waals surface area contributed by atoms with Crippen LogP contribution in [0.4, 0.5) is 0 Å².